The number of fused-ring (bicyclic) bond motifs is 4. The molecule has 126 valence electrons. The molecule has 5 rings (SSSR count). The Kier molecular flexibility index (Phi) is 3.19. The zero-order chi connectivity index (χ0) is 16.8. The predicted molar refractivity (Wildman–Crippen MR) is 94.3 cm³/mol. The summed E-state index contributed by atoms with van der Waals surface area (Å²) in [6.45, 7) is 3.00. The minimum absolute atomic E-state index is 0.0767. The van der Waals surface area contributed by atoms with E-state index in [1.54, 1.807) is 6.33 Å². The van der Waals surface area contributed by atoms with E-state index in [1.807, 2.05) is 28.9 Å². The van der Waals surface area contributed by atoms with Crippen molar-refractivity contribution >= 4 is 27.9 Å². The average molecular weight is 334 g/mol. The van der Waals surface area contributed by atoms with Crippen LogP contribution < -0.4 is 5.32 Å². The maximum atomic E-state index is 6.01. The van der Waals surface area contributed by atoms with Gasteiger partial charge in [-0.15, -0.1) is 0 Å². The number of hydrogen-bond donors (Lipinski definition) is 1. The van der Waals surface area contributed by atoms with Gasteiger partial charge >= 0.3 is 0 Å². The summed E-state index contributed by atoms with van der Waals surface area (Å²) in [7, 11) is 0. The molecule has 0 saturated heterocycles. The van der Waals surface area contributed by atoms with Crippen LogP contribution in [0.5, 0.6) is 0 Å². The van der Waals surface area contributed by atoms with Crippen LogP contribution in [-0.4, -0.2) is 24.7 Å². The third-order valence-electron chi connectivity index (χ3n) is 4.70. The average Bonchev–Trinajstić information content (AvgIpc) is 3.24. The molecule has 0 bridgehead atoms. The molecular formula is C18H18N6O. The summed E-state index contributed by atoms with van der Waals surface area (Å²) in [5.74, 6) is 2.58. The first-order valence-electron chi connectivity index (χ1n) is 8.66. The standard InChI is InChI=1S/C18H18N6O/c1-2-14-22-18-12(7-5-9-24(18)23-14)21-17-16-15(19-10-20-17)11-6-3-4-8-13(11)25-16/h3-4,6,8,10,12H,2,5,7,9H2,1H3,(H,19,20,21)/t12-/m0/s1. The van der Waals surface area contributed by atoms with Crippen molar-refractivity contribution in [1.82, 2.24) is 24.7 Å². The number of anilines is 1. The fourth-order valence-corrected chi connectivity index (χ4v) is 3.48. The largest absolute Gasteiger partial charge is 0.450 e. The van der Waals surface area contributed by atoms with Crippen LogP contribution in [0, 0.1) is 0 Å². The molecule has 0 unspecified atom stereocenters. The van der Waals surface area contributed by atoms with Crippen LogP contribution >= 0.6 is 0 Å². The van der Waals surface area contributed by atoms with Crippen molar-refractivity contribution in [3.63, 3.8) is 0 Å². The molecule has 7 nitrogen and oxygen atoms in total. The highest BCUT2D eigenvalue weighted by Crippen LogP contribution is 2.33. The van der Waals surface area contributed by atoms with Gasteiger partial charge in [0.15, 0.2) is 17.2 Å². The summed E-state index contributed by atoms with van der Waals surface area (Å²) in [5.41, 5.74) is 2.34. The SMILES string of the molecule is CCc1nc2n(n1)CCC[C@@H]2Nc1ncnc2c1oc1ccccc12. The molecule has 7 heteroatoms. The van der Waals surface area contributed by atoms with E-state index in [0.717, 1.165) is 53.9 Å². The zero-order valence-electron chi connectivity index (χ0n) is 13.9. The quantitative estimate of drug-likeness (QED) is 0.618. The molecule has 1 aliphatic rings. The van der Waals surface area contributed by atoms with Crippen LogP contribution in [0.25, 0.3) is 22.1 Å². The van der Waals surface area contributed by atoms with Gasteiger partial charge in [0.2, 0.25) is 0 Å². The topological polar surface area (TPSA) is 81.7 Å². The van der Waals surface area contributed by atoms with E-state index in [0.29, 0.717) is 11.4 Å². The Morgan fingerprint density at radius 3 is 3.12 bits per heavy atom. The number of aryl methyl sites for hydroxylation is 2. The first-order chi connectivity index (χ1) is 12.3. The van der Waals surface area contributed by atoms with Crippen LogP contribution in [0.3, 0.4) is 0 Å². The lowest BCUT2D eigenvalue weighted by Gasteiger charge is -2.23. The maximum Gasteiger partial charge on any atom is 0.196 e. The fourth-order valence-electron chi connectivity index (χ4n) is 3.48. The lowest BCUT2D eigenvalue weighted by atomic mass is 10.1. The van der Waals surface area contributed by atoms with E-state index < -0.39 is 0 Å². The monoisotopic (exact) mass is 334 g/mol. The van der Waals surface area contributed by atoms with Crippen molar-refractivity contribution in [3.05, 3.63) is 42.2 Å². The van der Waals surface area contributed by atoms with Crippen LogP contribution in [0.2, 0.25) is 0 Å². The van der Waals surface area contributed by atoms with Gasteiger partial charge in [-0.2, -0.15) is 5.10 Å². The number of rotatable bonds is 3. The summed E-state index contributed by atoms with van der Waals surface area (Å²) < 4.78 is 8.02. The molecule has 4 aromatic rings. The van der Waals surface area contributed by atoms with Crippen molar-refractivity contribution in [1.29, 1.82) is 0 Å². The summed E-state index contributed by atoms with van der Waals surface area (Å²) in [6, 6.07) is 7.99. The van der Waals surface area contributed by atoms with E-state index in [1.165, 1.54) is 0 Å². The second-order valence-electron chi connectivity index (χ2n) is 6.30. The van der Waals surface area contributed by atoms with E-state index in [4.69, 9.17) is 4.42 Å². The molecule has 0 radical (unpaired) electrons. The van der Waals surface area contributed by atoms with Gasteiger partial charge in [0.05, 0.1) is 6.04 Å². The van der Waals surface area contributed by atoms with Crippen LogP contribution in [-0.2, 0) is 13.0 Å². The zero-order valence-corrected chi connectivity index (χ0v) is 13.9. The lowest BCUT2D eigenvalue weighted by Crippen LogP contribution is -2.23. The van der Waals surface area contributed by atoms with Gasteiger partial charge in [-0.25, -0.2) is 19.6 Å². The number of nitrogens with one attached hydrogen (secondary N) is 1. The third-order valence-corrected chi connectivity index (χ3v) is 4.70. The van der Waals surface area contributed by atoms with Crippen LogP contribution in [0.15, 0.2) is 35.0 Å². The molecule has 0 fully saturated rings. The van der Waals surface area contributed by atoms with Crippen LogP contribution in [0.1, 0.15) is 37.5 Å². The predicted octanol–water partition coefficient (Wildman–Crippen LogP) is 3.48. The third kappa shape index (κ3) is 2.26. The number of para-hydroxylation sites is 1. The first kappa shape index (κ1) is 14.4. The van der Waals surface area contributed by atoms with Gasteiger partial charge in [0.25, 0.3) is 0 Å². The molecule has 1 atom stereocenters. The van der Waals surface area contributed by atoms with Crippen molar-refractivity contribution in [2.45, 2.75) is 38.8 Å². The van der Waals surface area contributed by atoms with Gasteiger partial charge in [-0.05, 0) is 25.0 Å². The minimum atomic E-state index is 0.0767. The number of furan rings is 1. The maximum absolute atomic E-state index is 6.01. The second kappa shape index (κ2) is 5.54. The number of aromatic nitrogens is 5. The minimum Gasteiger partial charge on any atom is -0.450 e. The molecule has 3 aromatic heterocycles. The van der Waals surface area contributed by atoms with Crippen molar-refractivity contribution in [2.75, 3.05) is 5.32 Å². The van der Waals surface area contributed by atoms with Crippen molar-refractivity contribution < 1.29 is 4.42 Å². The Morgan fingerprint density at radius 2 is 2.20 bits per heavy atom. The van der Waals surface area contributed by atoms with E-state index in [2.05, 4.69) is 32.3 Å². The Labute approximate surface area is 144 Å². The Balaban J connectivity index is 1.58. The summed E-state index contributed by atoms with van der Waals surface area (Å²) >= 11 is 0. The Morgan fingerprint density at radius 1 is 1.28 bits per heavy atom. The van der Waals surface area contributed by atoms with Gasteiger partial charge in [-0.3, -0.25) is 0 Å². The van der Waals surface area contributed by atoms with Gasteiger partial charge in [0.1, 0.15) is 23.3 Å². The number of benzene rings is 1. The molecule has 25 heavy (non-hydrogen) atoms. The normalized spacial score (nSPS) is 17.1. The second-order valence-corrected chi connectivity index (χ2v) is 6.30. The molecule has 1 N–H and O–H groups in total. The van der Waals surface area contributed by atoms with Gasteiger partial charge in [-0.1, -0.05) is 19.1 Å². The summed E-state index contributed by atoms with van der Waals surface area (Å²) in [6.07, 6.45) is 4.48. The molecule has 0 aliphatic carbocycles. The van der Waals surface area contributed by atoms with E-state index in [-0.39, 0.29) is 6.04 Å². The van der Waals surface area contributed by atoms with Crippen molar-refractivity contribution in [3.8, 4) is 0 Å². The summed E-state index contributed by atoms with van der Waals surface area (Å²) in [4.78, 5) is 13.5. The highest BCUT2D eigenvalue weighted by molar-refractivity contribution is 6.05. The van der Waals surface area contributed by atoms with Gasteiger partial charge in [0, 0.05) is 18.4 Å². The number of nitrogens with zero attached hydrogens (tertiary/aromatic N) is 5. The fraction of sp³-hybridized carbons (Fsp3) is 0.333. The molecule has 0 amide bonds. The first-order valence-corrected chi connectivity index (χ1v) is 8.66. The van der Waals surface area contributed by atoms with Crippen molar-refractivity contribution in [2.24, 2.45) is 0 Å². The highest BCUT2D eigenvalue weighted by Gasteiger charge is 2.25. The molecule has 1 aromatic carbocycles. The van der Waals surface area contributed by atoms with Gasteiger partial charge < -0.3 is 9.73 Å². The van der Waals surface area contributed by atoms with E-state index >= 15 is 0 Å². The Bertz CT molecular complexity index is 1070. The molecule has 0 saturated carbocycles. The number of hydrogen-bond acceptors (Lipinski definition) is 6. The van der Waals surface area contributed by atoms with Crippen LogP contribution in [0.4, 0.5) is 5.82 Å². The van der Waals surface area contributed by atoms with E-state index in [9.17, 15) is 0 Å². The molecule has 1 aliphatic heterocycles. The summed E-state index contributed by atoms with van der Waals surface area (Å²) in [5, 5.41) is 9.08. The molecular weight excluding hydrogens is 316 g/mol. The lowest BCUT2D eigenvalue weighted by molar-refractivity contribution is 0.436. The Hall–Kier alpha value is -2.96. The molecule has 0 spiro atoms. The highest BCUT2D eigenvalue weighted by atomic mass is 16.3. The smallest absolute Gasteiger partial charge is 0.196 e. The molecule has 4 heterocycles.